The second-order valence-electron chi connectivity index (χ2n) is 4.57. The van der Waals surface area contributed by atoms with Gasteiger partial charge in [0.05, 0.1) is 4.92 Å². The average Bonchev–Trinajstić information content (AvgIpc) is 2.86. The minimum atomic E-state index is -0.297. The van der Waals surface area contributed by atoms with E-state index in [4.69, 9.17) is 0 Å². The maximum absolute atomic E-state index is 10.8. The molecule has 2 heterocycles. The van der Waals surface area contributed by atoms with E-state index in [0.29, 0.717) is 6.04 Å². The van der Waals surface area contributed by atoms with Gasteiger partial charge in [-0.3, -0.25) is 15.0 Å². The predicted octanol–water partition coefficient (Wildman–Crippen LogP) is 3.25. The number of nitro groups is 1. The number of piperazine rings is 1. The van der Waals surface area contributed by atoms with Crippen molar-refractivity contribution in [3.05, 3.63) is 27.1 Å². The van der Waals surface area contributed by atoms with E-state index in [9.17, 15) is 10.1 Å². The fraction of sp³-hybridized carbons (Fsp3) is 0.667. The summed E-state index contributed by atoms with van der Waals surface area (Å²) in [7, 11) is 0. The summed E-state index contributed by atoms with van der Waals surface area (Å²) >= 11 is 1.23. The molecule has 1 aliphatic rings. The molecule has 1 fully saturated rings. The summed E-state index contributed by atoms with van der Waals surface area (Å²) in [5.41, 5.74) is 1.11. The summed E-state index contributed by atoms with van der Waals surface area (Å²) in [5.74, 6) is 0. The van der Waals surface area contributed by atoms with E-state index in [1.807, 2.05) is 5.38 Å². The molecule has 1 atom stereocenters. The summed E-state index contributed by atoms with van der Waals surface area (Å²) in [4.78, 5) is 12.9. The summed E-state index contributed by atoms with van der Waals surface area (Å²) in [5, 5.41) is 16.3. The quantitative estimate of drug-likeness (QED) is 0.659. The van der Waals surface area contributed by atoms with Crippen LogP contribution in [-0.4, -0.2) is 36.0 Å². The molecular weight excluding hydrogens is 321 g/mol. The number of hydrogen-bond acceptors (Lipinski definition) is 5. The summed E-state index contributed by atoms with van der Waals surface area (Å²) in [6, 6.07) is 2.08. The first-order chi connectivity index (χ1) is 8.72. The summed E-state index contributed by atoms with van der Waals surface area (Å²) in [6.45, 7) is 6.22. The molecule has 0 saturated carbocycles. The third-order valence-corrected chi connectivity index (χ3v) is 4.22. The maximum Gasteiger partial charge on any atom is 0.324 e. The largest absolute Gasteiger partial charge is 0.324 e. The van der Waals surface area contributed by atoms with E-state index in [1.165, 1.54) is 11.3 Å². The fourth-order valence-electron chi connectivity index (χ4n) is 2.44. The van der Waals surface area contributed by atoms with Crippen molar-refractivity contribution in [2.45, 2.75) is 25.8 Å². The van der Waals surface area contributed by atoms with Crippen LogP contribution in [0.5, 0.6) is 0 Å². The molecule has 0 aliphatic carbocycles. The zero-order valence-corrected chi connectivity index (χ0v) is 13.9. The normalized spacial score (nSPS) is 16.9. The molecule has 8 heteroatoms. The van der Waals surface area contributed by atoms with Crippen LogP contribution in [-0.2, 0) is 0 Å². The highest BCUT2D eigenvalue weighted by Crippen LogP contribution is 2.32. The van der Waals surface area contributed by atoms with Crippen molar-refractivity contribution in [2.24, 2.45) is 0 Å². The van der Waals surface area contributed by atoms with Gasteiger partial charge in [0.1, 0.15) is 0 Å². The van der Waals surface area contributed by atoms with Gasteiger partial charge in [-0.1, -0.05) is 24.7 Å². The van der Waals surface area contributed by atoms with Crippen molar-refractivity contribution in [2.75, 3.05) is 26.2 Å². The van der Waals surface area contributed by atoms with Crippen LogP contribution in [0.1, 0.15) is 31.4 Å². The Balaban J connectivity index is 0.00000180. The number of nitrogens with one attached hydrogen (secondary N) is 1. The van der Waals surface area contributed by atoms with Crippen molar-refractivity contribution in [3.8, 4) is 0 Å². The van der Waals surface area contributed by atoms with Crippen molar-refractivity contribution in [1.82, 2.24) is 10.2 Å². The molecule has 1 N–H and O–H groups in total. The highest BCUT2D eigenvalue weighted by Gasteiger charge is 2.24. The van der Waals surface area contributed by atoms with Gasteiger partial charge in [-0.05, 0) is 12.0 Å². The van der Waals surface area contributed by atoms with Crippen LogP contribution >= 0.6 is 36.2 Å². The predicted molar refractivity (Wildman–Crippen MR) is 87.6 cm³/mol. The Kier molecular flexibility index (Phi) is 9.33. The van der Waals surface area contributed by atoms with E-state index in [1.54, 1.807) is 6.07 Å². The zero-order chi connectivity index (χ0) is 13.0. The molecule has 0 radical (unpaired) electrons. The molecular formula is C12H21Cl2N3O2S. The van der Waals surface area contributed by atoms with Crippen LogP contribution in [0.25, 0.3) is 0 Å². The summed E-state index contributed by atoms with van der Waals surface area (Å²) < 4.78 is 0. The Hall–Kier alpha value is -0.400. The SMILES string of the molecule is CCC[C@@H](c1csc([N+](=O)[O-])c1)N1CCNCC1.Cl.Cl. The second-order valence-corrected chi connectivity index (χ2v) is 5.46. The maximum atomic E-state index is 10.8. The highest BCUT2D eigenvalue weighted by atomic mass is 35.5. The average molecular weight is 342 g/mol. The Bertz CT molecular complexity index is 411. The minimum absolute atomic E-state index is 0. The number of rotatable bonds is 5. The Labute approximate surface area is 135 Å². The first-order valence-electron chi connectivity index (χ1n) is 6.40. The number of thiophene rings is 1. The van der Waals surface area contributed by atoms with E-state index in [0.717, 1.165) is 44.6 Å². The lowest BCUT2D eigenvalue weighted by molar-refractivity contribution is -0.380. The smallest absolute Gasteiger partial charge is 0.314 e. The van der Waals surface area contributed by atoms with Crippen LogP contribution in [0.2, 0.25) is 0 Å². The first kappa shape index (κ1) is 19.6. The van der Waals surface area contributed by atoms with Crippen molar-refractivity contribution in [3.63, 3.8) is 0 Å². The fourth-order valence-corrected chi connectivity index (χ4v) is 3.21. The Morgan fingerprint density at radius 3 is 2.60 bits per heavy atom. The van der Waals surface area contributed by atoms with Gasteiger partial charge in [-0.15, -0.1) is 24.8 Å². The second kappa shape index (κ2) is 9.52. The molecule has 0 unspecified atom stereocenters. The minimum Gasteiger partial charge on any atom is -0.314 e. The molecule has 1 saturated heterocycles. The van der Waals surface area contributed by atoms with Gasteiger partial charge >= 0.3 is 5.00 Å². The van der Waals surface area contributed by atoms with Crippen molar-refractivity contribution < 1.29 is 4.92 Å². The lowest BCUT2D eigenvalue weighted by atomic mass is 10.0. The molecule has 20 heavy (non-hydrogen) atoms. The van der Waals surface area contributed by atoms with E-state index in [-0.39, 0.29) is 34.7 Å². The number of hydrogen-bond donors (Lipinski definition) is 1. The van der Waals surface area contributed by atoms with Crippen LogP contribution < -0.4 is 5.32 Å². The van der Waals surface area contributed by atoms with Gasteiger partial charge in [0.25, 0.3) is 0 Å². The lowest BCUT2D eigenvalue weighted by Gasteiger charge is -2.34. The number of nitrogens with zero attached hydrogens (tertiary/aromatic N) is 2. The van der Waals surface area contributed by atoms with Gasteiger partial charge in [0.15, 0.2) is 0 Å². The molecule has 0 aromatic carbocycles. The molecule has 116 valence electrons. The van der Waals surface area contributed by atoms with E-state index in [2.05, 4.69) is 17.1 Å². The first-order valence-corrected chi connectivity index (χ1v) is 7.28. The van der Waals surface area contributed by atoms with Gasteiger partial charge in [0, 0.05) is 43.7 Å². The Morgan fingerprint density at radius 2 is 2.10 bits per heavy atom. The van der Waals surface area contributed by atoms with Crippen LogP contribution in [0.3, 0.4) is 0 Å². The third-order valence-electron chi connectivity index (χ3n) is 3.33. The molecule has 1 aliphatic heterocycles. The molecule has 5 nitrogen and oxygen atoms in total. The van der Waals surface area contributed by atoms with Gasteiger partial charge in [-0.25, -0.2) is 0 Å². The molecule has 1 aromatic heterocycles. The van der Waals surface area contributed by atoms with E-state index >= 15 is 0 Å². The topological polar surface area (TPSA) is 58.4 Å². The van der Waals surface area contributed by atoms with Gasteiger partial charge in [0.2, 0.25) is 0 Å². The number of halogens is 2. The van der Waals surface area contributed by atoms with E-state index < -0.39 is 0 Å². The van der Waals surface area contributed by atoms with Crippen molar-refractivity contribution in [1.29, 1.82) is 0 Å². The van der Waals surface area contributed by atoms with Crippen molar-refractivity contribution >= 4 is 41.2 Å². The van der Waals surface area contributed by atoms with Crippen LogP contribution in [0.15, 0.2) is 11.4 Å². The third kappa shape index (κ3) is 4.86. The molecule has 2 rings (SSSR count). The molecule has 0 spiro atoms. The monoisotopic (exact) mass is 341 g/mol. The Morgan fingerprint density at radius 1 is 1.45 bits per heavy atom. The van der Waals surface area contributed by atoms with Gasteiger partial charge < -0.3 is 5.32 Å². The highest BCUT2D eigenvalue weighted by molar-refractivity contribution is 7.13. The zero-order valence-electron chi connectivity index (χ0n) is 11.4. The molecule has 1 aromatic rings. The standard InChI is InChI=1S/C12H19N3O2S.2ClH/c1-2-3-11(14-6-4-13-5-7-14)10-8-12(15(16)17)18-9-10;;/h8-9,11,13H,2-7H2,1H3;2*1H/t11-;;/m0../s1. The molecule has 0 bridgehead atoms. The van der Waals surface area contributed by atoms with Crippen LogP contribution in [0.4, 0.5) is 5.00 Å². The molecule has 0 amide bonds. The lowest BCUT2D eigenvalue weighted by Crippen LogP contribution is -2.45. The summed E-state index contributed by atoms with van der Waals surface area (Å²) in [6.07, 6.45) is 2.16. The van der Waals surface area contributed by atoms with Gasteiger partial charge in [-0.2, -0.15) is 0 Å². The van der Waals surface area contributed by atoms with Crippen LogP contribution in [0, 0.1) is 10.1 Å².